The van der Waals surface area contributed by atoms with Gasteiger partial charge in [0.25, 0.3) is 5.91 Å². The third kappa shape index (κ3) is 5.33. The Bertz CT molecular complexity index is 1030. The highest BCUT2D eigenvalue weighted by Gasteiger charge is 2.23. The summed E-state index contributed by atoms with van der Waals surface area (Å²) < 4.78 is 7.53. The molecule has 0 atom stereocenters. The number of benzene rings is 2. The normalized spacial score (nSPS) is 14.6. The molecule has 3 aromatic rings. The molecule has 0 saturated carbocycles. The molecule has 1 amide bonds. The molecule has 2 aromatic carbocycles. The van der Waals surface area contributed by atoms with Crippen molar-refractivity contribution in [2.24, 2.45) is 0 Å². The van der Waals surface area contributed by atoms with E-state index in [0.717, 1.165) is 44.0 Å². The second-order valence-electron chi connectivity index (χ2n) is 8.34. The van der Waals surface area contributed by atoms with Crippen molar-refractivity contribution in [1.82, 2.24) is 19.6 Å². The molecule has 0 bridgehead atoms. The van der Waals surface area contributed by atoms with Gasteiger partial charge in [-0.2, -0.15) is 5.10 Å². The molecule has 1 fully saturated rings. The third-order valence-electron chi connectivity index (χ3n) is 5.73. The number of rotatable bonds is 6. The lowest BCUT2D eigenvalue weighted by Gasteiger charge is -2.34. The van der Waals surface area contributed by atoms with E-state index in [1.807, 2.05) is 24.0 Å². The Balaban J connectivity index is 1.28. The van der Waals surface area contributed by atoms with Gasteiger partial charge < -0.3 is 9.64 Å². The number of nitrogens with zero attached hydrogens (tertiary/aromatic N) is 4. The van der Waals surface area contributed by atoms with E-state index in [-0.39, 0.29) is 12.6 Å². The summed E-state index contributed by atoms with van der Waals surface area (Å²) in [5.41, 5.74) is 5.35. The highest BCUT2D eigenvalue weighted by atomic mass is 16.5. The van der Waals surface area contributed by atoms with E-state index < -0.39 is 0 Å². The Labute approximate surface area is 184 Å². The highest BCUT2D eigenvalue weighted by molar-refractivity contribution is 5.92. The Morgan fingerprint density at radius 1 is 0.935 bits per heavy atom. The van der Waals surface area contributed by atoms with Crippen LogP contribution in [-0.2, 0) is 13.3 Å². The first kappa shape index (κ1) is 21.1. The molecule has 4 rings (SSSR count). The molecule has 162 valence electrons. The summed E-state index contributed by atoms with van der Waals surface area (Å²) in [6.45, 7) is 10.6. The van der Waals surface area contributed by atoms with Gasteiger partial charge in [-0.15, -0.1) is 0 Å². The zero-order valence-electron chi connectivity index (χ0n) is 18.5. The van der Waals surface area contributed by atoms with Gasteiger partial charge in [0.15, 0.2) is 12.4 Å². The fourth-order valence-corrected chi connectivity index (χ4v) is 3.87. The molecule has 0 radical (unpaired) electrons. The minimum absolute atomic E-state index is 0.0137. The van der Waals surface area contributed by atoms with Crippen LogP contribution in [0.25, 0.3) is 0 Å². The SMILES string of the molecule is Cc1ccc(CN2CCN(C(=O)c3ccn(COc4ccc(C)cc4C)n3)CC2)cc1. The molecule has 0 unspecified atom stereocenters. The van der Waals surface area contributed by atoms with Crippen molar-refractivity contribution in [2.75, 3.05) is 26.2 Å². The van der Waals surface area contributed by atoms with E-state index in [0.29, 0.717) is 5.69 Å². The maximum atomic E-state index is 12.9. The van der Waals surface area contributed by atoms with Crippen molar-refractivity contribution < 1.29 is 9.53 Å². The van der Waals surface area contributed by atoms with Gasteiger partial charge in [0, 0.05) is 38.9 Å². The number of aromatic nitrogens is 2. The van der Waals surface area contributed by atoms with Crippen LogP contribution in [0.2, 0.25) is 0 Å². The number of piperazine rings is 1. The molecule has 2 heterocycles. The lowest BCUT2D eigenvalue weighted by Crippen LogP contribution is -2.48. The predicted octanol–water partition coefficient (Wildman–Crippen LogP) is 3.80. The van der Waals surface area contributed by atoms with Gasteiger partial charge in [-0.25, -0.2) is 4.68 Å². The standard InChI is InChI=1S/C25H30N4O2/c1-19-4-7-22(8-5-19)17-27-12-14-28(15-13-27)25(30)23-10-11-29(26-23)18-31-24-9-6-20(2)16-21(24)3/h4-11,16H,12-15,17-18H2,1-3H3. The van der Waals surface area contributed by atoms with E-state index in [2.05, 4.69) is 54.2 Å². The first-order valence-electron chi connectivity index (χ1n) is 10.8. The predicted molar refractivity (Wildman–Crippen MR) is 121 cm³/mol. The summed E-state index contributed by atoms with van der Waals surface area (Å²) in [6, 6.07) is 16.5. The van der Waals surface area contributed by atoms with E-state index in [4.69, 9.17) is 4.74 Å². The fraction of sp³-hybridized carbons (Fsp3) is 0.360. The molecule has 1 aliphatic heterocycles. The summed E-state index contributed by atoms with van der Waals surface area (Å²) in [7, 11) is 0. The number of aryl methyl sites for hydroxylation is 3. The van der Waals surface area contributed by atoms with E-state index in [1.165, 1.54) is 16.7 Å². The van der Waals surface area contributed by atoms with Gasteiger partial charge in [0.1, 0.15) is 5.75 Å². The van der Waals surface area contributed by atoms with Crippen LogP contribution in [0.1, 0.15) is 32.7 Å². The molecule has 31 heavy (non-hydrogen) atoms. The molecule has 1 saturated heterocycles. The molecule has 1 aromatic heterocycles. The average Bonchev–Trinajstić information content (AvgIpc) is 3.24. The average molecular weight is 419 g/mol. The Hall–Kier alpha value is -3.12. The van der Waals surface area contributed by atoms with Gasteiger partial charge in [-0.3, -0.25) is 9.69 Å². The lowest BCUT2D eigenvalue weighted by molar-refractivity contribution is 0.0621. The van der Waals surface area contributed by atoms with Crippen molar-refractivity contribution in [1.29, 1.82) is 0 Å². The molecule has 0 aliphatic carbocycles. The first-order valence-corrected chi connectivity index (χ1v) is 10.8. The Morgan fingerprint density at radius 2 is 1.65 bits per heavy atom. The van der Waals surface area contributed by atoms with Crippen LogP contribution < -0.4 is 4.74 Å². The van der Waals surface area contributed by atoms with Crippen molar-refractivity contribution in [2.45, 2.75) is 34.0 Å². The quantitative estimate of drug-likeness (QED) is 0.611. The summed E-state index contributed by atoms with van der Waals surface area (Å²) in [5, 5.41) is 4.43. The molecular formula is C25H30N4O2. The van der Waals surface area contributed by atoms with Crippen LogP contribution in [0.3, 0.4) is 0 Å². The van der Waals surface area contributed by atoms with Gasteiger partial charge in [-0.05, 0) is 44.0 Å². The number of amides is 1. The Kier molecular flexibility index (Phi) is 6.37. The van der Waals surface area contributed by atoms with E-state index in [9.17, 15) is 4.79 Å². The van der Waals surface area contributed by atoms with Crippen LogP contribution >= 0.6 is 0 Å². The highest BCUT2D eigenvalue weighted by Crippen LogP contribution is 2.19. The summed E-state index contributed by atoms with van der Waals surface area (Å²) >= 11 is 0. The number of ether oxygens (including phenoxy) is 1. The number of carbonyl (C=O) groups excluding carboxylic acids is 1. The van der Waals surface area contributed by atoms with Gasteiger partial charge in [0.05, 0.1) is 0 Å². The van der Waals surface area contributed by atoms with E-state index >= 15 is 0 Å². The summed E-state index contributed by atoms with van der Waals surface area (Å²) in [5.74, 6) is 0.818. The number of hydrogen-bond donors (Lipinski definition) is 0. The van der Waals surface area contributed by atoms with E-state index in [1.54, 1.807) is 16.9 Å². The first-order chi connectivity index (χ1) is 15.0. The molecule has 0 spiro atoms. The van der Waals surface area contributed by atoms with Gasteiger partial charge in [0.2, 0.25) is 0 Å². The third-order valence-corrected chi connectivity index (χ3v) is 5.73. The van der Waals surface area contributed by atoms with Crippen LogP contribution in [0.4, 0.5) is 0 Å². The molecule has 6 heteroatoms. The monoisotopic (exact) mass is 418 g/mol. The minimum atomic E-state index is -0.0137. The summed E-state index contributed by atoms with van der Waals surface area (Å²) in [4.78, 5) is 17.2. The minimum Gasteiger partial charge on any atom is -0.471 e. The van der Waals surface area contributed by atoms with Crippen molar-refractivity contribution in [3.63, 3.8) is 0 Å². The fourth-order valence-electron chi connectivity index (χ4n) is 3.87. The smallest absolute Gasteiger partial charge is 0.274 e. The molecular weight excluding hydrogens is 388 g/mol. The number of hydrogen-bond acceptors (Lipinski definition) is 4. The zero-order chi connectivity index (χ0) is 21.8. The number of carbonyl (C=O) groups is 1. The largest absolute Gasteiger partial charge is 0.471 e. The summed E-state index contributed by atoms with van der Waals surface area (Å²) in [6.07, 6.45) is 1.80. The van der Waals surface area contributed by atoms with Crippen molar-refractivity contribution >= 4 is 5.91 Å². The topological polar surface area (TPSA) is 50.6 Å². The Morgan fingerprint density at radius 3 is 2.35 bits per heavy atom. The van der Waals surface area contributed by atoms with Crippen LogP contribution in [-0.4, -0.2) is 51.7 Å². The van der Waals surface area contributed by atoms with Crippen LogP contribution in [0.15, 0.2) is 54.7 Å². The molecule has 6 nitrogen and oxygen atoms in total. The van der Waals surface area contributed by atoms with Crippen LogP contribution in [0.5, 0.6) is 5.75 Å². The molecule has 0 N–H and O–H groups in total. The second-order valence-corrected chi connectivity index (χ2v) is 8.34. The molecule has 1 aliphatic rings. The van der Waals surface area contributed by atoms with Gasteiger partial charge >= 0.3 is 0 Å². The van der Waals surface area contributed by atoms with Gasteiger partial charge in [-0.1, -0.05) is 47.5 Å². The maximum absolute atomic E-state index is 12.9. The second kappa shape index (κ2) is 9.35. The van der Waals surface area contributed by atoms with Crippen LogP contribution in [0, 0.1) is 20.8 Å². The lowest BCUT2D eigenvalue weighted by atomic mass is 10.1. The van der Waals surface area contributed by atoms with Crippen molar-refractivity contribution in [3.8, 4) is 5.75 Å². The van der Waals surface area contributed by atoms with Crippen molar-refractivity contribution in [3.05, 3.63) is 82.7 Å². The zero-order valence-corrected chi connectivity index (χ0v) is 18.5. The maximum Gasteiger partial charge on any atom is 0.274 e.